The molecule has 8 heteroatoms. The highest BCUT2D eigenvalue weighted by atomic mass is 35.5. The minimum atomic E-state index is -3.66. The van der Waals surface area contributed by atoms with Crippen LogP contribution in [0.4, 0.5) is 5.69 Å². The number of carbonyl (C=O) groups is 2. The third-order valence-corrected chi connectivity index (χ3v) is 4.97. The summed E-state index contributed by atoms with van der Waals surface area (Å²) in [6, 6.07) is 12.3. The van der Waals surface area contributed by atoms with Gasteiger partial charge >= 0.3 is 5.97 Å². The fraction of sp³-hybridized carbons (Fsp3) is 0.176. The summed E-state index contributed by atoms with van der Waals surface area (Å²) in [6.07, 6.45) is 0. The summed E-state index contributed by atoms with van der Waals surface area (Å²) in [6.45, 7) is 0. The Morgan fingerprint density at radius 3 is 2.20 bits per heavy atom. The average Bonchev–Trinajstić information content (AvgIpc) is 2.56. The molecule has 1 amide bonds. The van der Waals surface area contributed by atoms with Crippen LogP contribution in [0.2, 0.25) is 5.02 Å². The molecule has 2 rings (SSSR count). The Balaban J connectivity index is 1.97. The number of ether oxygens (including phenoxy) is 1. The van der Waals surface area contributed by atoms with Crippen LogP contribution >= 0.6 is 11.6 Å². The fourth-order valence-electron chi connectivity index (χ4n) is 2.09. The van der Waals surface area contributed by atoms with E-state index in [1.165, 1.54) is 31.4 Å². The van der Waals surface area contributed by atoms with Crippen LogP contribution in [0.25, 0.3) is 0 Å². The van der Waals surface area contributed by atoms with Crippen molar-refractivity contribution in [3.8, 4) is 0 Å². The third-order valence-electron chi connectivity index (χ3n) is 3.24. The number of benzene rings is 2. The molecule has 0 aliphatic carbocycles. The monoisotopic (exact) mass is 381 g/mol. The van der Waals surface area contributed by atoms with Gasteiger partial charge in [-0.1, -0.05) is 23.7 Å². The molecule has 2 aromatic rings. The lowest BCUT2D eigenvalue weighted by Crippen LogP contribution is -2.23. The van der Waals surface area contributed by atoms with Crippen molar-refractivity contribution >= 4 is 39.0 Å². The lowest BCUT2D eigenvalue weighted by Gasteiger charge is -2.07. The van der Waals surface area contributed by atoms with Crippen molar-refractivity contribution in [1.29, 1.82) is 0 Å². The van der Waals surface area contributed by atoms with E-state index in [1.54, 1.807) is 24.3 Å². The lowest BCUT2D eigenvalue weighted by molar-refractivity contribution is -0.113. The van der Waals surface area contributed by atoms with E-state index in [1.807, 2.05) is 0 Å². The first-order valence-corrected chi connectivity index (χ1v) is 9.42. The smallest absolute Gasteiger partial charge is 0.337 e. The summed E-state index contributed by atoms with van der Waals surface area (Å²) in [5.41, 5.74) is 1.27. The highest BCUT2D eigenvalue weighted by Gasteiger charge is 2.18. The van der Waals surface area contributed by atoms with E-state index in [-0.39, 0.29) is 5.75 Å². The molecule has 0 saturated heterocycles. The van der Waals surface area contributed by atoms with Crippen molar-refractivity contribution < 1.29 is 22.7 Å². The summed E-state index contributed by atoms with van der Waals surface area (Å²) >= 11 is 5.75. The third kappa shape index (κ3) is 5.88. The minimum absolute atomic E-state index is 0.303. The molecule has 0 fully saturated rings. The van der Waals surface area contributed by atoms with E-state index in [4.69, 9.17) is 11.6 Å². The minimum Gasteiger partial charge on any atom is -0.465 e. The second kappa shape index (κ2) is 8.13. The van der Waals surface area contributed by atoms with E-state index in [0.717, 1.165) is 0 Å². The number of rotatable bonds is 6. The Morgan fingerprint density at radius 2 is 1.64 bits per heavy atom. The van der Waals surface area contributed by atoms with Gasteiger partial charge in [-0.2, -0.15) is 0 Å². The number of esters is 1. The highest BCUT2D eigenvalue weighted by molar-refractivity contribution is 7.91. The van der Waals surface area contributed by atoms with E-state index >= 15 is 0 Å². The maximum Gasteiger partial charge on any atom is 0.337 e. The molecular weight excluding hydrogens is 366 g/mol. The number of nitrogens with one attached hydrogen (secondary N) is 1. The predicted octanol–water partition coefficient (Wildman–Crippen LogP) is 2.68. The number of sulfone groups is 1. The number of methoxy groups -OCH3 is 1. The zero-order chi connectivity index (χ0) is 18.4. The highest BCUT2D eigenvalue weighted by Crippen LogP contribution is 2.14. The van der Waals surface area contributed by atoms with Gasteiger partial charge in [-0.3, -0.25) is 4.79 Å². The lowest BCUT2D eigenvalue weighted by atomic mass is 10.1. The van der Waals surface area contributed by atoms with Crippen LogP contribution in [0.1, 0.15) is 15.9 Å². The SMILES string of the molecule is COC(=O)c1ccc(CS(=O)(=O)CC(=O)Nc2ccc(Cl)cc2)cc1. The Bertz CT molecular complexity index is 861. The summed E-state index contributed by atoms with van der Waals surface area (Å²) in [5, 5.41) is 3.02. The molecule has 0 aliphatic heterocycles. The zero-order valence-corrected chi connectivity index (χ0v) is 14.9. The van der Waals surface area contributed by atoms with Crippen LogP contribution in [0, 0.1) is 0 Å². The average molecular weight is 382 g/mol. The second-order valence-electron chi connectivity index (χ2n) is 5.28. The van der Waals surface area contributed by atoms with E-state index in [9.17, 15) is 18.0 Å². The molecule has 0 saturated carbocycles. The Morgan fingerprint density at radius 1 is 1.04 bits per heavy atom. The largest absolute Gasteiger partial charge is 0.465 e. The normalized spacial score (nSPS) is 11.0. The molecule has 0 unspecified atom stereocenters. The molecule has 0 atom stereocenters. The number of carbonyl (C=O) groups excluding carboxylic acids is 2. The first-order valence-electron chi connectivity index (χ1n) is 7.22. The number of hydrogen-bond acceptors (Lipinski definition) is 5. The van der Waals surface area contributed by atoms with Gasteiger partial charge < -0.3 is 10.1 Å². The molecule has 132 valence electrons. The van der Waals surface area contributed by atoms with Gasteiger partial charge in [-0.05, 0) is 42.0 Å². The quantitative estimate of drug-likeness (QED) is 0.777. The van der Waals surface area contributed by atoms with Crippen molar-refractivity contribution in [1.82, 2.24) is 0 Å². The maximum atomic E-state index is 12.2. The van der Waals surface area contributed by atoms with Gasteiger partial charge in [-0.25, -0.2) is 13.2 Å². The first-order chi connectivity index (χ1) is 11.8. The van der Waals surface area contributed by atoms with Gasteiger partial charge in [0.2, 0.25) is 5.91 Å². The molecule has 0 heterocycles. The van der Waals surface area contributed by atoms with Gasteiger partial charge in [0.05, 0.1) is 18.4 Å². The molecular formula is C17H16ClNO5S. The number of anilines is 1. The molecule has 0 aromatic heterocycles. The van der Waals surface area contributed by atoms with Gasteiger partial charge in [-0.15, -0.1) is 0 Å². The number of halogens is 1. The van der Waals surface area contributed by atoms with Crippen molar-refractivity contribution in [3.63, 3.8) is 0 Å². The van der Waals surface area contributed by atoms with Crippen LogP contribution in [0.15, 0.2) is 48.5 Å². The first kappa shape index (κ1) is 19.0. The molecule has 1 N–H and O–H groups in total. The van der Waals surface area contributed by atoms with Crippen molar-refractivity contribution in [3.05, 3.63) is 64.7 Å². The van der Waals surface area contributed by atoms with Crippen LogP contribution in [-0.2, 0) is 25.1 Å². The van der Waals surface area contributed by atoms with Gasteiger partial charge in [0.1, 0.15) is 5.75 Å². The standard InChI is InChI=1S/C17H16ClNO5S/c1-24-17(21)13-4-2-12(3-5-13)10-25(22,23)11-16(20)19-15-8-6-14(18)7-9-15/h2-9H,10-11H2,1H3,(H,19,20). The second-order valence-corrected chi connectivity index (χ2v) is 7.78. The van der Waals surface area contributed by atoms with Gasteiger partial charge in [0.15, 0.2) is 9.84 Å². The summed E-state index contributed by atoms with van der Waals surface area (Å²) in [4.78, 5) is 23.2. The van der Waals surface area contributed by atoms with E-state index < -0.39 is 27.5 Å². The van der Waals surface area contributed by atoms with Crippen LogP contribution in [-0.4, -0.2) is 33.2 Å². The maximum absolute atomic E-state index is 12.2. The van der Waals surface area contributed by atoms with Crippen LogP contribution in [0.3, 0.4) is 0 Å². The van der Waals surface area contributed by atoms with Crippen LogP contribution in [0.5, 0.6) is 0 Å². The van der Waals surface area contributed by atoms with Crippen molar-refractivity contribution in [2.24, 2.45) is 0 Å². The number of amides is 1. The zero-order valence-electron chi connectivity index (χ0n) is 13.4. The van der Waals surface area contributed by atoms with Gasteiger partial charge in [0.25, 0.3) is 0 Å². The molecule has 0 bridgehead atoms. The Kier molecular flexibility index (Phi) is 6.17. The molecule has 6 nitrogen and oxygen atoms in total. The summed E-state index contributed by atoms with van der Waals surface area (Å²) < 4.78 is 28.9. The molecule has 2 aromatic carbocycles. The van der Waals surface area contributed by atoms with Crippen molar-refractivity contribution in [2.45, 2.75) is 5.75 Å². The van der Waals surface area contributed by atoms with Crippen LogP contribution < -0.4 is 5.32 Å². The summed E-state index contributed by atoms with van der Waals surface area (Å²) in [7, 11) is -2.39. The van der Waals surface area contributed by atoms with E-state index in [0.29, 0.717) is 21.8 Å². The number of hydrogen-bond donors (Lipinski definition) is 1. The van der Waals surface area contributed by atoms with E-state index in [2.05, 4.69) is 10.1 Å². The predicted molar refractivity (Wildman–Crippen MR) is 95.4 cm³/mol. The Labute approximate surface area is 150 Å². The molecule has 25 heavy (non-hydrogen) atoms. The Hall–Kier alpha value is -2.38. The summed E-state index contributed by atoms with van der Waals surface area (Å²) in [5.74, 6) is -2.08. The fourth-order valence-corrected chi connectivity index (χ4v) is 3.49. The molecule has 0 radical (unpaired) electrons. The van der Waals surface area contributed by atoms with Crippen molar-refractivity contribution in [2.75, 3.05) is 18.2 Å². The molecule has 0 aliphatic rings. The van der Waals surface area contributed by atoms with Gasteiger partial charge in [0, 0.05) is 10.7 Å². The molecule has 0 spiro atoms. The topological polar surface area (TPSA) is 89.5 Å².